The molecule has 1 atom stereocenters. The molecule has 3 aromatic rings. The third kappa shape index (κ3) is 6.45. The Morgan fingerprint density at radius 3 is 2.38 bits per heavy atom. The Morgan fingerprint density at radius 1 is 1.03 bits per heavy atom. The van der Waals surface area contributed by atoms with Crippen LogP contribution in [0, 0.1) is 0 Å². The maximum Gasteiger partial charge on any atom is 0.230 e. The molecule has 1 N–H and O–H groups in total. The summed E-state index contributed by atoms with van der Waals surface area (Å²) in [6.45, 7) is 3.15. The SMILES string of the molecule is CCC(C(=O)N(CCOC)CCC(=O)Nc1nnc(-c2ccccc2)s1)c1ccccc1. The fourth-order valence-corrected chi connectivity index (χ4v) is 4.15. The van der Waals surface area contributed by atoms with Crippen molar-refractivity contribution < 1.29 is 14.3 Å². The summed E-state index contributed by atoms with van der Waals surface area (Å²) in [6, 6.07) is 19.4. The first-order chi connectivity index (χ1) is 15.6. The molecule has 3 rings (SSSR count). The number of nitrogens with one attached hydrogen (secondary N) is 1. The lowest BCUT2D eigenvalue weighted by molar-refractivity contribution is -0.134. The molecule has 8 heteroatoms. The number of benzene rings is 2. The van der Waals surface area contributed by atoms with Gasteiger partial charge in [-0.15, -0.1) is 10.2 Å². The predicted octanol–water partition coefficient (Wildman–Crippen LogP) is 4.20. The molecule has 0 radical (unpaired) electrons. The first kappa shape index (κ1) is 23.6. The van der Waals surface area contributed by atoms with Crippen LogP contribution in [-0.4, -0.2) is 53.7 Å². The van der Waals surface area contributed by atoms with Crippen molar-refractivity contribution in [2.45, 2.75) is 25.7 Å². The third-order valence-electron chi connectivity index (χ3n) is 5.09. The van der Waals surface area contributed by atoms with Gasteiger partial charge in [0, 0.05) is 32.2 Å². The van der Waals surface area contributed by atoms with Gasteiger partial charge < -0.3 is 15.0 Å². The first-order valence-corrected chi connectivity index (χ1v) is 11.5. The number of nitrogens with zero attached hydrogens (tertiary/aromatic N) is 3. The summed E-state index contributed by atoms with van der Waals surface area (Å²) >= 11 is 1.32. The topological polar surface area (TPSA) is 84.4 Å². The van der Waals surface area contributed by atoms with Crippen molar-refractivity contribution in [3.8, 4) is 10.6 Å². The minimum atomic E-state index is -0.243. The van der Waals surface area contributed by atoms with Gasteiger partial charge in [-0.2, -0.15) is 0 Å². The van der Waals surface area contributed by atoms with Gasteiger partial charge in [-0.25, -0.2) is 0 Å². The highest BCUT2D eigenvalue weighted by Crippen LogP contribution is 2.26. The van der Waals surface area contributed by atoms with E-state index >= 15 is 0 Å². The van der Waals surface area contributed by atoms with E-state index in [4.69, 9.17) is 4.74 Å². The van der Waals surface area contributed by atoms with Crippen LogP contribution in [0.2, 0.25) is 0 Å². The molecular formula is C24H28N4O3S. The highest BCUT2D eigenvalue weighted by atomic mass is 32.1. The molecule has 0 bridgehead atoms. The van der Waals surface area contributed by atoms with Crippen LogP contribution in [0.4, 0.5) is 5.13 Å². The number of hydrogen-bond donors (Lipinski definition) is 1. The molecule has 0 aliphatic rings. The van der Waals surface area contributed by atoms with Crippen LogP contribution in [0.3, 0.4) is 0 Å². The lowest BCUT2D eigenvalue weighted by Crippen LogP contribution is -2.39. The summed E-state index contributed by atoms with van der Waals surface area (Å²) in [5.74, 6) is -0.442. The maximum atomic E-state index is 13.2. The van der Waals surface area contributed by atoms with Crippen LogP contribution in [0.25, 0.3) is 10.6 Å². The van der Waals surface area contributed by atoms with Crippen LogP contribution in [0.15, 0.2) is 60.7 Å². The van der Waals surface area contributed by atoms with Crippen LogP contribution >= 0.6 is 11.3 Å². The number of hydrogen-bond acceptors (Lipinski definition) is 6. The van der Waals surface area contributed by atoms with Gasteiger partial charge in [0.15, 0.2) is 0 Å². The van der Waals surface area contributed by atoms with E-state index in [1.165, 1.54) is 11.3 Å². The number of carbonyl (C=O) groups excluding carboxylic acids is 2. The molecule has 1 aromatic heterocycles. The first-order valence-electron chi connectivity index (χ1n) is 10.6. The molecule has 0 aliphatic carbocycles. The van der Waals surface area contributed by atoms with Crippen LogP contribution in [-0.2, 0) is 14.3 Å². The van der Waals surface area contributed by atoms with E-state index in [2.05, 4.69) is 15.5 Å². The van der Waals surface area contributed by atoms with Gasteiger partial charge in [0.25, 0.3) is 0 Å². The van der Waals surface area contributed by atoms with Crippen LogP contribution < -0.4 is 5.32 Å². The second kappa shape index (κ2) is 12.1. The molecule has 0 fully saturated rings. The highest BCUT2D eigenvalue weighted by Gasteiger charge is 2.24. The Labute approximate surface area is 192 Å². The fourth-order valence-electron chi connectivity index (χ4n) is 3.38. The average Bonchev–Trinajstić information content (AvgIpc) is 3.29. The molecule has 2 aromatic carbocycles. The van der Waals surface area contributed by atoms with Crippen molar-refractivity contribution in [2.75, 3.05) is 32.1 Å². The number of rotatable bonds is 11. The van der Waals surface area contributed by atoms with Gasteiger partial charge in [-0.1, -0.05) is 78.9 Å². The molecule has 1 heterocycles. The smallest absolute Gasteiger partial charge is 0.230 e. The maximum absolute atomic E-state index is 13.2. The zero-order valence-corrected chi connectivity index (χ0v) is 19.2. The van der Waals surface area contributed by atoms with Gasteiger partial charge >= 0.3 is 0 Å². The number of anilines is 1. The van der Waals surface area contributed by atoms with Crippen molar-refractivity contribution in [3.63, 3.8) is 0 Å². The van der Waals surface area contributed by atoms with Crippen LogP contribution in [0.1, 0.15) is 31.2 Å². The Balaban J connectivity index is 1.60. The molecule has 7 nitrogen and oxygen atoms in total. The largest absolute Gasteiger partial charge is 0.383 e. The number of aromatic nitrogens is 2. The molecule has 32 heavy (non-hydrogen) atoms. The molecule has 0 aliphatic heterocycles. The summed E-state index contributed by atoms with van der Waals surface area (Å²) in [5, 5.41) is 12.2. The van der Waals surface area contributed by atoms with E-state index in [9.17, 15) is 9.59 Å². The Hall–Kier alpha value is -3.10. The average molecular weight is 453 g/mol. The molecule has 2 amide bonds. The van der Waals surface area contributed by atoms with Crippen molar-refractivity contribution in [2.24, 2.45) is 0 Å². The standard InChI is InChI=1S/C24H28N4O3S/c1-3-20(18-10-6-4-7-11-18)23(30)28(16-17-31-2)15-14-21(29)25-24-27-26-22(32-24)19-12-8-5-9-13-19/h4-13,20H,3,14-17H2,1-2H3,(H,25,27,29). The number of methoxy groups -OCH3 is 1. The zero-order valence-electron chi connectivity index (χ0n) is 18.4. The molecule has 168 valence electrons. The van der Waals surface area contributed by atoms with Gasteiger partial charge in [0.05, 0.1) is 12.5 Å². The second-order valence-corrected chi connectivity index (χ2v) is 8.24. The molecule has 1 unspecified atom stereocenters. The van der Waals surface area contributed by atoms with E-state index in [-0.39, 0.29) is 24.2 Å². The number of amides is 2. The van der Waals surface area contributed by atoms with E-state index in [1.807, 2.05) is 67.6 Å². The Morgan fingerprint density at radius 2 is 1.72 bits per heavy atom. The van der Waals surface area contributed by atoms with Gasteiger partial charge in [-0.05, 0) is 12.0 Å². The van der Waals surface area contributed by atoms with Crippen molar-refractivity contribution in [1.82, 2.24) is 15.1 Å². The Bertz CT molecular complexity index is 995. The minimum absolute atomic E-state index is 0.00540. The summed E-state index contributed by atoms with van der Waals surface area (Å²) < 4.78 is 5.18. The zero-order chi connectivity index (χ0) is 22.8. The highest BCUT2D eigenvalue weighted by molar-refractivity contribution is 7.18. The summed E-state index contributed by atoms with van der Waals surface area (Å²) in [7, 11) is 1.60. The van der Waals surface area contributed by atoms with Gasteiger partial charge in [-0.3, -0.25) is 9.59 Å². The summed E-state index contributed by atoms with van der Waals surface area (Å²) in [5.41, 5.74) is 1.93. The quantitative estimate of drug-likeness (QED) is 0.471. The Kier molecular flexibility index (Phi) is 8.89. The molecule has 0 saturated heterocycles. The van der Waals surface area contributed by atoms with Crippen LogP contribution in [0.5, 0.6) is 0 Å². The normalized spacial score (nSPS) is 11.7. The third-order valence-corrected chi connectivity index (χ3v) is 5.97. The lowest BCUT2D eigenvalue weighted by atomic mass is 9.95. The predicted molar refractivity (Wildman–Crippen MR) is 127 cm³/mol. The van der Waals surface area contributed by atoms with Gasteiger partial charge in [0.1, 0.15) is 5.01 Å². The van der Waals surface area contributed by atoms with Crippen molar-refractivity contribution in [3.05, 3.63) is 66.2 Å². The summed E-state index contributed by atoms with van der Waals surface area (Å²) in [6.07, 6.45) is 0.854. The fraction of sp³-hybridized carbons (Fsp3) is 0.333. The second-order valence-electron chi connectivity index (χ2n) is 7.27. The monoisotopic (exact) mass is 452 g/mol. The van der Waals surface area contributed by atoms with Gasteiger partial charge in [0.2, 0.25) is 16.9 Å². The van der Waals surface area contributed by atoms with Crippen molar-refractivity contribution in [1.29, 1.82) is 0 Å². The van der Waals surface area contributed by atoms with E-state index < -0.39 is 0 Å². The molecular weight excluding hydrogens is 424 g/mol. The van der Waals surface area contributed by atoms with Crippen molar-refractivity contribution >= 4 is 28.3 Å². The minimum Gasteiger partial charge on any atom is -0.383 e. The summed E-state index contributed by atoms with van der Waals surface area (Å²) in [4.78, 5) is 27.5. The lowest BCUT2D eigenvalue weighted by Gasteiger charge is -2.27. The van der Waals surface area contributed by atoms with E-state index in [0.29, 0.717) is 31.2 Å². The number of ether oxygens (including phenoxy) is 1. The van der Waals surface area contributed by atoms with E-state index in [1.54, 1.807) is 12.0 Å². The molecule has 0 saturated carbocycles. The van der Waals surface area contributed by atoms with E-state index in [0.717, 1.165) is 16.1 Å². The number of carbonyl (C=O) groups is 2. The molecule has 0 spiro atoms.